The molecule has 0 rings (SSSR count). The summed E-state index contributed by atoms with van der Waals surface area (Å²) in [5.74, 6) is -1.76. The highest BCUT2D eigenvalue weighted by atomic mass is 16.5. The Hall–Kier alpha value is -1.08. The first-order valence-electron chi connectivity index (χ1n) is 2.79. The van der Waals surface area contributed by atoms with Gasteiger partial charge in [-0.25, -0.2) is 0 Å². The number of hydrogen-bond donors (Lipinski definition) is 1. The highest BCUT2D eigenvalue weighted by Crippen LogP contribution is 2.02. The van der Waals surface area contributed by atoms with Crippen molar-refractivity contribution in [3.05, 3.63) is 0 Å². The summed E-state index contributed by atoms with van der Waals surface area (Å²) in [4.78, 5) is 10.6. The van der Waals surface area contributed by atoms with Gasteiger partial charge in [-0.2, -0.15) is 5.26 Å². The van der Waals surface area contributed by atoms with Gasteiger partial charge in [0.15, 0.2) is 5.92 Å². The van der Waals surface area contributed by atoms with Crippen LogP contribution in [0.4, 0.5) is 0 Å². The smallest absolute Gasteiger partial charge is 0.325 e. The molecule has 56 valence electrons. The fourth-order valence-electron chi connectivity index (χ4n) is 0.484. The minimum absolute atomic E-state index is 0.697. The molecule has 0 heterocycles. The van der Waals surface area contributed by atoms with E-state index in [0.29, 0.717) is 0 Å². The zero-order valence-electron chi connectivity index (χ0n) is 5.87. The van der Waals surface area contributed by atoms with Crippen LogP contribution in [-0.4, -0.2) is 24.3 Å². The number of esters is 1. The number of ether oxygens (including phenoxy) is 1. The van der Waals surface area contributed by atoms with Gasteiger partial charge in [0.05, 0.1) is 19.3 Å². The first-order valence-corrected chi connectivity index (χ1v) is 2.79. The second-order valence-electron chi connectivity index (χ2n) is 1.87. The number of nitrogens with zero attached hydrogens (tertiary/aromatic N) is 1. The summed E-state index contributed by atoms with van der Waals surface area (Å²) in [5.41, 5.74) is 0. The van der Waals surface area contributed by atoms with E-state index in [1.807, 2.05) is 0 Å². The molecule has 1 N–H and O–H groups in total. The van der Waals surface area contributed by atoms with E-state index < -0.39 is 18.0 Å². The maximum Gasteiger partial charge on any atom is 0.325 e. The van der Waals surface area contributed by atoms with Crippen molar-refractivity contribution in [1.82, 2.24) is 0 Å². The van der Waals surface area contributed by atoms with Gasteiger partial charge in [0, 0.05) is 0 Å². The Labute approximate surface area is 59.0 Å². The normalized spacial score (nSPS) is 15.0. The van der Waals surface area contributed by atoms with E-state index >= 15 is 0 Å². The lowest BCUT2D eigenvalue weighted by atomic mass is 10.1. The van der Waals surface area contributed by atoms with Gasteiger partial charge in [-0.3, -0.25) is 4.79 Å². The summed E-state index contributed by atoms with van der Waals surface area (Å²) in [6.45, 7) is 1.37. The number of aliphatic hydroxyl groups is 1. The first-order chi connectivity index (χ1) is 4.63. The summed E-state index contributed by atoms with van der Waals surface area (Å²) in [6.07, 6.45) is -0.975. The average Bonchev–Trinajstić information content (AvgIpc) is 1.88. The number of rotatable bonds is 2. The van der Waals surface area contributed by atoms with Gasteiger partial charge in [-0.15, -0.1) is 0 Å². The SMILES string of the molecule is COC(=O)[C@H](C#N)C(C)O. The predicted octanol–water partition coefficient (Wildman–Crippen LogP) is -0.320. The van der Waals surface area contributed by atoms with E-state index in [9.17, 15) is 4.79 Å². The van der Waals surface area contributed by atoms with Gasteiger partial charge >= 0.3 is 5.97 Å². The second kappa shape index (κ2) is 3.85. The Morgan fingerprint density at radius 2 is 2.30 bits per heavy atom. The van der Waals surface area contributed by atoms with Gasteiger partial charge in [0.25, 0.3) is 0 Å². The largest absolute Gasteiger partial charge is 0.468 e. The lowest BCUT2D eigenvalue weighted by Gasteiger charge is -2.07. The molecular weight excluding hydrogens is 134 g/mol. The zero-order valence-corrected chi connectivity index (χ0v) is 5.87. The van der Waals surface area contributed by atoms with Crippen molar-refractivity contribution >= 4 is 5.97 Å². The molecule has 2 atom stereocenters. The Morgan fingerprint density at radius 1 is 1.80 bits per heavy atom. The molecule has 0 aliphatic carbocycles. The van der Waals surface area contributed by atoms with Crippen LogP contribution >= 0.6 is 0 Å². The summed E-state index contributed by atoms with van der Waals surface area (Å²) in [6, 6.07) is 1.63. The number of carbonyl (C=O) groups excluding carboxylic acids is 1. The van der Waals surface area contributed by atoms with Crippen molar-refractivity contribution in [1.29, 1.82) is 5.26 Å². The van der Waals surface area contributed by atoms with Gasteiger partial charge < -0.3 is 9.84 Å². The molecule has 4 nitrogen and oxygen atoms in total. The van der Waals surface area contributed by atoms with Crippen LogP contribution < -0.4 is 0 Å². The van der Waals surface area contributed by atoms with Crippen LogP contribution in [0.15, 0.2) is 0 Å². The molecular formula is C6H9NO3. The Bertz CT molecular complexity index is 159. The van der Waals surface area contributed by atoms with E-state index in [4.69, 9.17) is 10.4 Å². The third kappa shape index (κ3) is 2.03. The highest BCUT2D eigenvalue weighted by molar-refractivity contribution is 5.75. The summed E-state index contributed by atoms with van der Waals surface area (Å²) in [7, 11) is 1.18. The lowest BCUT2D eigenvalue weighted by molar-refractivity contribution is -0.146. The van der Waals surface area contributed by atoms with Gasteiger partial charge in [0.1, 0.15) is 0 Å². The Balaban J connectivity index is 4.11. The van der Waals surface area contributed by atoms with Crippen LogP contribution in [0.3, 0.4) is 0 Å². The van der Waals surface area contributed by atoms with E-state index in [-0.39, 0.29) is 0 Å². The third-order valence-electron chi connectivity index (χ3n) is 1.08. The molecule has 0 saturated heterocycles. The second-order valence-corrected chi connectivity index (χ2v) is 1.87. The third-order valence-corrected chi connectivity index (χ3v) is 1.08. The van der Waals surface area contributed by atoms with Crippen molar-refractivity contribution in [2.45, 2.75) is 13.0 Å². The number of aliphatic hydroxyl groups excluding tert-OH is 1. The molecule has 1 unspecified atom stereocenters. The van der Waals surface area contributed by atoms with Crippen molar-refractivity contribution in [3.8, 4) is 6.07 Å². The van der Waals surface area contributed by atoms with Crippen molar-refractivity contribution < 1.29 is 14.6 Å². The fourth-order valence-corrected chi connectivity index (χ4v) is 0.484. The molecule has 0 aromatic rings. The summed E-state index contributed by atoms with van der Waals surface area (Å²) >= 11 is 0. The highest BCUT2D eigenvalue weighted by Gasteiger charge is 2.23. The maximum atomic E-state index is 10.6. The number of hydrogen-bond acceptors (Lipinski definition) is 4. The number of nitriles is 1. The van der Waals surface area contributed by atoms with Crippen molar-refractivity contribution in [2.24, 2.45) is 5.92 Å². The number of methoxy groups -OCH3 is 1. The van der Waals surface area contributed by atoms with E-state index in [2.05, 4.69) is 4.74 Å². The monoisotopic (exact) mass is 143 g/mol. The minimum atomic E-state index is -1.06. The van der Waals surface area contributed by atoms with E-state index in [1.165, 1.54) is 14.0 Å². The van der Waals surface area contributed by atoms with Crippen LogP contribution in [0.25, 0.3) is 0 Å². The first kappa shape index (κ1) is 8.92. The number of carbonyl (C=O) groups is 1. The lowest BCUT2D eigenvalue weighted by Crippen LogP contribution is -2.25. The van der Waals surface area contributed by atoms with Gasteiger partial charge in [0.2, 0.25) is 0 Å². The maximum absolute atomic E-state index is 10.6. The average molecular weight is 143 g/mol. The molecule has 0 aromatic carbocycles. The van der Waals surface area contributed by atoms with Crippen molar-refractivity contribution in [2.75, 3.05) is 7.11 Å². The Kier molecular flexibility index (Phi) is 3.44. The molecule has 0 aromatic heterocycles. The minimum Gasteiger partial charge on any atom is -0.468 e. The molecule has 10 heavy (non-hydrogen) atoms. The molecule has 0 bridgehead atoms. The molecule has 4 heteroatoms. The Morgan fingerprint density at radius 3 is 2.40 bits per heavy atom. The van der Waals surface area contributed by atoms with Crippen molar-refractivity contribution in [3.63, 3.8) is 0 Å². The van der Waals surface area contributed by atoms with Crippen LogP contribution in [0.2, 0.25) is 0 Å². The molecule has 0 fully saturated rings. The topological polar surface area (TPSA) is 70.3 Å². The zero-order chi connectivity index (χ0) is 8.15. The van der Waals surface area contributed by atoms with Crippen LogP contribution in [0.1, 0.15) is 6.92 Å². The van der Waals surface area contributed by atoms with Gasteiger partial charge in [-0.05, 0) is 6.92 Å². The van der Waals surface area contributed by atoms with E-state index in [1.54, 1.807) is 6.07 Å². The quantitative estimate of drug-likeness (QED) is 0.538. The molecule has 0 aliphatic rings. The molecule has 0 radical (unpaired) electrons. The summed E-state index contributed by atoms with van der Waals surface area (Å²) < 4.78 is 4.24. The van der Waals surface area contributed by atoms with Crippen LogP contribution in [-0.2, 0) is 9.53 Å². The van der Waals surface area contributed by atoms with Crippen LogP contribution in [0, 0.1) is 17.2 Å². The fraction of sp³-hybridized carbons (Fsp3) is 0.667. The molecule has 0 aliphatic heterocycles. The summed E-state index contributed by atoms with van der Waals surface area (Å²) in [5, 5.41) is 17.1. The predicted molar refractivity (Wildman–Crippen MR) is 32.8 cm³/mol. The molecule has 0 saturated carbocycles. The standard InChI is InChI=1S/C6H9NO3/c1-4(8)5(3-7)6(9)10-2/h4-5,8H,1-2H3/t4?,5-/m1/s1. The van der Waals surface area contributed by atoms with Crippen LogP contribution in [0.5, 0.6) is 0 Å². The molecule has 0 spiro atoms. The van der Waals surface area contributed by atoms with E-state index in [0.717, 1.165) is 0 Å². The van der Waals surface area contributed by atoms with Gasteiger partial charge in [-0.1, -0.05) is 0 Å². The molecule has 0 amide bonds.